The summed E-state index contributed by atoms with van der Waals surface area (Å²) in [6.07, 6.45) is -0.0956. The van der Waals surface area contributed by atoms with Crippen LogP contribution in [0.25, 0.3) is 22.3 Å². The maximum Gasteiger partial charge on any atom is 0.326 e. The van der Waals surface area contributed by atoms with Crippen LogP contribution in [-0.2, 0) is 9.84 Å². The third-order valence-corrected chi connectivity index (χ3v) is 6.28. The fourth-order valence-corrected chi connectivity index (χ4v) is 3.99. The number of aliphatic hydroxyl groups excluding tert-OH is 2. The number of rotatable bonds is 8. The maximum absolute atomic E-state index is 14.1. The number of halogens is 3. The molecule has 2 aromatic heterocycles. The summed E-state index contributed by atoms with van der Waals surface area (Å²) in [6.45, 7) is -0.680. The Kier molecular flexibility index (Phi) is 6.85. The molecule has 0 aliphatic carbocycles. The molecule has 0 bridgehead atoms. The van der Waals surface area contributed by atoms with Crippen LogP contribution >= 0.6 is 11.6 Å². The average Bonchev–Trinajstić information content (AvgIpc) is 3.22. The van der Waals surface area contributed by atoms with E-state index in [4.69, 9.17) is 21.4 Å². The second-order valence-corrected chi connectivity index (χ2v) is 9.88. The van der Waals surface area contributed by atoms with Gasteiger partial charge in [0.05, 0.1) is 33.7 Å². The summed E-state index contributed by atoms with van der Waals surface area (Å²) in [4.78, 5) is 8.36. The first-order valence-electron chi connectivity index (χ1n) is 9.98. The van der Waals surface area contributed by atoms with Crippen molar-refractivity contribution in [1.29, 1.82) is 0 Å². The minimum atomic E-state index is -3.55. The van der Waals surface area contributed by atoms with Gasteiger partial charge in [-0.05, 0) is 30.3 Å². The molecule has 4 N–H and O–H groups in total. The van der Waals surface area contributed by atoms with Crippen LogP contribution in [0.1, 0.15) is 0 Å². The molecule has 4 aromatic rings. The summed E-state index contributed by atoms with van der Waals surface area (Å²) < 4.78 is 56.8. The van der Waals surface area contributed by atoms with E-state index in [2.05, 4.69) is 25.5 Å². The highest BCUT2D eigenvalue weighted by atomic mass is 35.5. The van der Waals surface area contributed by atoms with Gasteiger partial charge in [0.15, 0.2) is 27.1 Å². The zero-order chi connectivity index (χ0) is 25.3. The first-order valence-corrected chi connectivity index (χ1v) is 12.3. The normalized spacial score (nSPS) is 12.6. The van der Waals surface area contributed by atoms with Crippen molar-refractivity contribution in [3.8, 4) is 23.0 Å². The molecule has 10 nitrogen and oxygen atoms in total. The highest BCUT2D eigenvalue weighted by Gasteiger charge is 2.22. The predicted molar refractivity (Wildman–Crippen MR) is 123 cm³/mol. The number of ether oxygens (including phenoxy) is 1. The van der Waals surface area contributed by atoms with Crippen molar-refractivity contribution in [3.63, 3.8) is 0 Å². The number of benzene rings is 2. The van der Waals surface area contributed by atoms with Crippen molar-refractivity contribution < 1.29 is 32.1 Å². The Bertz CT molecular complexity index is 1520. The summed E-state index contributed by atoms with van der Waals surface area (Å²) in [7, 11) is -3.55. The molecule has 0 aliphatic heterocycles. The number of nitrogens with one attached hydrogen (secondary N) is 2. The molecule has 2 aromatic carbocycles. The number of aliphatic hydroxyl groups is 2. The number of hydrogen-bond acceptors (Lipinski definition) is 9. The quantitative estimate of drug-likeness (QED) is 0.272. The van der Waals surface area contributed by atoms with E-state index in [9.17, 15) is 22.3 Å². The van der Waals surface area contributed by atoms with Crippen molar-refractivity contribution >= 4 is 38.3 Å². The lowest BCUT2D eigenvalue weighted by atomic mass is 10.1. The Morgan fingerprint density at radius 2 is 1.97 bits per heavy atom. The van der Waals surface area contributed by atoms with Crippen molar-refractivity contribution in [3.05, 3.63) is 53.1 Å². The molecule has 0 unspecified atom stereocenters. The molecule has 0 radical (unpaired) electrons. The van der Waals surface area contributed by atoms with Crippen LogP contribution in [0.2, 0.25) is 5.02 Å². The van der Waals surface area contributed by atoms with E-state index in [1.54, 1.807) is 0 Å². The first-order chi connectivity index (χ1) is 16.6. The van der Waals surface area contributed by atoms with Gasteiger partial charge in [0, 0.05) is 24.4 Å². The van der Waals surface area contributed by atoms with Crippen molar-refractivity contribution in [2.75, 3.05) is 24.7 Å². The van der Waals surface area contributed by atoms with Gasteiger partial charge in [0.25, 0.3) is 0 Å². The van der Waals surface area contributed by atoms with Gasteiger partial charge in [-0.2, -0.15) is 15.1 Å². The lowest BCUT2D eigenvalue weighted by Gasteiger charge is -2.13. The molecule has 0 saturated carbocycles. The zero-order valence-electron chi connectivity index (χ0n) is 18.0. The molecule has 4 rings (SSSR count). The smallest absolute Gasteiger partial charge is 0.326 e. The van der Waals surface area contributed by atoms with Gasteiger partial charge >= 0.3 is 6.01 Å². The fourth-order valence-electron chi connectivity index (χ4n) is 3.14. The molecule has 35 heavy (non-hydrogen) atoms. The SMILES string of the molecule is CS(=O)(=O)c1ccc(Cl)c(-c2[nH]nc3nc(Oc4ccc(F)cc4F)nc(NC[C@H](O)CO)c23)c1. The summed E-state index contributed by atoms with van der Waals surface area (Å²) in [5.41, 5.74) is 0.579. The van der Waals surface area contributed by atoms with E-state index in [1.165, 1.54) is 18.2 Å². The number of hydrogen-bond donors (Lipinski definition) is 4. The minimum absolute atomic E-state index is 0.0116. The Morgan fingerprint density at radius 3 is 2.66 bits per heavy atom. The van der Waals surface area contributed by atoms with E-state index >= 15 is 0 Å². The molecule has 1 atom stereocenters. The van der Waals surface area contributed by atoms with Gasteiger partial charge in [-0.1, -0.05) is 11.6 Å². The van der Waals surface area contributed by atoms with Crippen LogP contribution in [0.4, 0.5) is 14.6 Å². The van der Waals surface area contributed by atoms with E-state index < -0.39 is 34.2 Å². The molecule has 14 heteroatoms. The third-order valence-electron chi connectivity index (χ3n) is 4.84. The van der Waals surface area contributed by atoms with Crippen LogP contribution in [0.15, 0.2) is 41.3 Å². The van der Waals surface area contributed by atoms with E-state index in [0.717, 1.165) is 18.4 Å². The molecule has 0 fully saturated rings. The van der Waals surface area contributed by atoms with Gasteiger partial charge in [0.2, 0.25) is 0 Å². The fraction of sp³-hybridized carbons (Fsp3) is 0.190. The van der Waals surface area contributed by atoms with E-state index in [-0.39, 0.29) is 56.3 Å². The van der Waals surface area contributed by atoms with Gasteiger partial charge in [0.1, 0.15) is 11.6 Å². The van der Waals surface area contributed by atoms with E-state index in [0.29, 0.717) is 6.07 Å². The van der Waals surface area contributed by atoms with Crippen molar-refractivity contribution in [2.45, 2.75) is 11.0 Å². The average molecular weight is 526 g/mol. The van der Waals surface area contributed by atoms with Crippen LogP contribution in [0.5, 0.6) is 11.8 Å². The third kappa shape index (κ3) is 5.32. The van der Waals surface area contributed by atoms with Gasteiger partial charge in [-0.25, -0.2) is 17.2 Å². The number of nitrogens with zero attached hydrogens (tertiary/aromatic N) is 3. The predicted octanol–water partition coefficient (Wildman–Crippen LogP) is 2.91. The lowest BCUT2D eigenvalue weighted by Crippen LogP contribution is -2.23. The number of anilines is 1. The second-order valence-electron chi connectivity index (χ2n) is 7.46. The van der Waals surface area contributed by atoms with Crippen LogP contribution in [0.3, 0.4) is 0 Å². The molecule has 2 heterocycles. The van der Waals surface area contributed by atoms with Gasteiger partial charge < -0.3 is 20.3 Å². The Balaban J connectivity index is 1.85. The lowest BCUT2D eigenvalue weighted by molar-refractivity contribution is 0.105. The Labute approximate surface area is 202 Å². The van der Waals surface area contributed by atoms with Crippen LogP contribution in [-0.4, -0.2) is 64.3 Å². The molecule has 0 spiro atoms. The molecular weight excluding hydrogens is 508 g/mol. The van der Waals surface area contributed by atoms with Crippen LogP contribution < -0.4 is 10.1 Å². The highest BCUT2D eigenvalue weighted by molar-refractivity contribution is 7.90. The topological polar surface area (TPSA) is 150 Å². The molecule has 0 saturated heterocycles. The first kappa shape index (κ1) is 24.7. The van der Waals surface area contributed by atoms with Crippen LogP contribution in [0, 0.1) is 11.6 Å². The van der Waals surface area contributed by atoms with Gasteiger partial charge in [-0.3, -0.25) is 5.10 Å². The number of aromatic amines is 1. The van der Waals surface area contributed by atoms with Crippen molar-refractivity contribution in [1.82, 2.24) is 20.2 Å². The summed E-state index contributed by atoms with van der Waals surface area (Å²) in [5, 5.41) is 29.1. The maximum atomic E-state index is 14.1. The molecule has 184 valence electrons. The molecule has 0 aliphatic rings. The Hall–Kier alpha value is -3.39. The Morgan fingerprint density at radius 1 is 1.20 bits per heavy atom. The summed E-state index contributed by atoms with van der Waals surface area (Å²) in [6, 6.07) is 6.47. The van der Waals surface area contributed by atoms with Crippen molar-refractivity contribution in [2.24, 2.45) is 0 Å². The molecular formula is C21H18ClF2N5O5S. The van der Waals surface area contributed by atoms with E-state index in [1.807, 2.05) is 0 Å². The number of H-pyrrole nitrogens is 1. The summed E-state index contributed by atoms with van der Waals surface area (Å²) in [5.74, 6) is -2.06. The highest BCUT2D eigenvalue weighted by Crippen LogP contribution is 2.37. The second kappa shape index (κ2) is 9.70. The molecule has 0 amide bonds. The number of fused-ring (bicyclic) bond motifs is 1. The van der Waals surface area contributed by atoms with Gasteiger partial charge in [-0.15, -0.1) is 0 Å². The minimum Gasteiger partial charge on any atom is -0.421 e. The number of aromatic nitrogens is 4. The zero-order valence-corrected chi connectivity index (χ0v) is 19.5. The summed E-state index contributed by atoms with van der Waals surface area (Å²) >= 11 is 6.34. The largest absolute Gasteiger partial charge is 0.421 e. The standard InChI is InChI=1S/C21H18ClF2N5O5S/c1-35(32,33)12-3-4-14(22)13(7-12)18-17-19(25-8-11(31)9-30)26-21(27-20(17)29-28-18)34-16-5-2-10(23)6-15(16)24/h2-7,11,30-31H,8-9H2,1H3,(H2,25,26,27,28,29)/t11-/m0/s1. The number of sulfone groups is 1. The monoisotopic (exact) mass is 525 g/mol.